The number of aromatic nitrogens is 1. The van der Waals surface area contributed by atoms with Crippen LogP contribution in [0.1, 0.15) is 70.6 Å². The van der Waals surface area contributed by atoms with Crippen LogP contribution in [0.5, 0.6) is 5.75 Å². The Morgan fingerprint density at radius 2 is 1.57 bits per heavy atom. The van der Waals surface area contributed by atoms with Crippen molar-refractivity contribution < 1.29 is 36.5 Å². The van der Waals surface area contributed by atoms with Crippen molar-refractivity contribution in [1.29, 1.82) is 0 Å². The molecule has 42 heavy (non-hydrogen) atoms. The summed E-state index contributed by atoms with van der Waals surface area (Å²) in [5.74, 6) is 0.619. The highest BCUT2D eigenvalue weighted by molar-refractivity contribution is 6.62. The maximum Gasteiger partial charge on any atom is 0.573 e. The first-order valence-electron chi connectivity index (χ1n) is 14.6. The molecule has 1 saturated carbocycles. The number of ether oxygens (including phenoxy) is 2. The van der Waals surface area contributed by atoms with Crippen LogP contribution in [0.25, 0.3) is 11.3 Å². The third-order valence-corrected chi connectivity index (χ3v) is 8.82. The van der Waals surface area contributed by atoms with E-state index in [4.69, 9.17) is 18.6 Å². The molecule has 0 radical (unpaired) electrons. The lowest BCUT2D eigenvalue weighted by Crippen LogP contribution is -2.41. The van der Waals surface area contributed by atoms with Gasteiger partial charge in [-0.25, -0.2) is 0 Å². The van der Waals surface area contributed by atoms with Crippen molar-refractivity contribution in [2.24, 2.45) is 0 Å². The minimum Gasteiger partial charge on any atom is -0.405 e. The summed E-state index contributed by atoms with van der Waals surface area (Å²) in [7, 11) is -0.391. The highest BCUT2D eigenvalue weighted by Gasteiger charge is 2.51. The van der Waals surface area contributed by atoms with Crippen LogP contribution in [0.15, 0.2) is 53.1 Å². The maximum atomic E-state index is 13.1. The smallest absolute Gasteiger partial charge is 0.405 e. The van der Waals surface area contributed by atoms with Crippen molar-refractivity contribution >= 4 is 18.3 Å². The van der Waals surface area contributed by atoms with E-state index in [9.17, 15) is 13.2 Å². The fourth-order valence-corrected chi connectivity index (χ4v) is 5.52. The van der Waals surface area contributed by atoms with Crippen molar-refractivity contribution in [3.8, 4) is 17.0 Å². The van der Waals surface area contributed by atoms with Gasteiger partial charge in [0.2, 0.25) is 0 Å². The van der Waals surface area contributed by atoms with Crippen molar-refractivity contribution in [1.82, 2.24) is 5.16 Å². The molecule has 0 unspecified atom stereocenters. The molecule has 11 heteroatoms. The van der Waals surface area contributed by atoms with Crippen LogP contribution >= 0.6 is 0 Å². The molecule has 1 aliphatic carbocycles. The molecule has 0 spiro atoms. The van der Waals surface area contributed by atoms with Gasteiger partial charge in [-0.1, -0.05) is 29.4 Å². The van der Waals surface area contributed by atoms with Gasteiger partial charge >= 0.3 is 13.5 Å². The van der Waals surface area contributed by atoms with E-state index < -0.39 is 13.5 Å². The second-order valence-electron chi connectivity index (χ2n) is 12.4. The highest BCUT2D eigenvalue weighted by Crippen LogP contribution is 2.46. The van der Waals surface area contributed by atoms with Crippen LogP contribution in [0, 0.1) is 0 Å². The van der Waals surface area contributed by atoms with Gasteiger partial charge in [0.1, 0.15) is 17.2 Å². The minimum absolute atomic E-state index is 0.0155. The van der Waals surface area contributed by atoms with E-state index in [2.05, 4.69) is 39.1 Å². The van der Waals surface area contributed by atoms with Crippen LogP contribution in [0.4, 0.5) is 18.9 Å². The van der Waals surface area contributed by atoms with E-state index in [0.29, 0.717) is 17.0 Å². The molecule has 0 bridgehead atoms. The lowest BCUT2D eigenvalue weighted by atomic mass is 9.79. The summed E-state index contributed by atoms with van der Waals surface area (Å²) in [5, 5.41) is 4.18. The molecule has 6 rings (SSSR count). The largest absolute Gasteiger partial charge is 0.573 e. The predicted molar refractivity (Wildman–Crippen MR) is 153 cm³/mol. The SMILES string of the molecule is CC1(C)OB(c2ccc(N3CCC(OCc4c(-c5ccccc5OC(F)(F)F)noc4C4CC4)CC3)cc2)OC1(C)C. The number of nitrogens with zero attached hydrogens (tertiary/aromatic N) is 2. The molecule has 2 aromatic carbocycles. The molecule has 224 valence electrons. The minimum atomic E-state index is -4.81. The Hall–Kier alpha value is -3.02. The zero-order chi connectivity index (χ0) is 29.7. The summed E-state index contributed by atoms with van der Waals surface area (Å²) in [6.07, 6.45) is -1.21. The fraction of sp³-hybridized carbons (Fsp3) is 0.516. The van der Waals surface area contributed by atoms with E-state index in [1.165, 1.54) is 12.1 Å². The average Bonchev–Trinajstić information content (AvgIpc) is 3.65. The van der Waals surface area contributed by atoms with Gasteiger partial charge < -0.3 is 28.2 Å². The van der Waals surface area contributed by atoms with E-state index in [1.807, 2.05) is 27.7 Å². The van der Waals surface area contributed by atoms with Gasteiger partial charge in [0, 0.05) is 35.8 Å². The summed E-state index contributed by atoms with van der Waals surface area (Å²) in [6, 6.07) is 14.3. The van der Waals surface area contributed by atoms with Crippen LogP contribution in [-0.4, -0.2) is 49.0 Å². The van der Waals surface area contributed by atoms with E-state index in [1.54, 1.807) is 12.1 Å². The monoisotopic (exact) mass is 584 g/mol. The molecular formula is C31H36BF3N2O5. The van der Waals surface area contributed by atoms with Gasteiger partial charge in [0.05, 0.1) is 23.9 Å². The number of hydrogen-bond acceptors (Lipinski definition) is 7. The summed E-state index contributed by atoms with van der Waals surface area (Å²) in [4.78, 5) is 2.33. The Kier molecular flexibility index (Phi) is 7.56. The number of piperidine rings is 1. The van der Waals surface area contributed by atoms with Crippen molar-refractivity contribution in [2.75, 3.05) is 18.0 Å². The molecule has 3 heterocycles. The molecule has 7 nitrogen and oxygen atoms in total. The molecule has 0 N–H and O–H groups in total. The standard InChI is InChI=1S/C31H36BF3N2O5/c1-29(2)30(3,4)42-32(41-29)21-11-13-22(14-12-21)37-17-15-23(16-18-37)38-19-25-27(36-40-28(25)20-9-10-20)24-7-5-6-8-26(24)39-31(33,34)35/h5-8,11-14,20,23H,9-10,15-19H2,1-4H3. The summed E-state index contributed by atoms with van der Waals surface area (Å²) >= 11 is 0. The third-order valence-electron chi connectivity index (χ3n) is 8.82. The van der Waals surface area contributed by atoms with E-state index >= 15 is 0 Å². The Labute approximate surface area is 244 Å². The first-order chi connectivity index (χ1) is 19.9. The molecule has 2 saturated heterocycles. The van der Waals surface area contributed by atoms with E-state index in [0.717, 1.165) is 49.9 Å². The number of anilines is 1. The van der Waals surface area contributed by atoms with Crippen LogP contribution in [0.2, 0.25) is 0 Å². The zero-order valence-corrected chi connectivity index (χ0v) is 24.4. The van der Waals surface area contributed by atoms with Crippen LogP contribution < -0.4 is 15.1 Å². The van der Waals surface area contributed by atoms with Crippen molar-refractivity contribution in [3.63, 3.8) is 0 Å². The first kappa shape index (κ1) is 29.1. The Morgan fingerprint density at radius 3 is 2.19 bits per heavy atom. The molecular weight excluding hydrogens is 548 g/mol. The molecule has 0 atom stereocenters. The molecule has 1 aromatic heterocycles. The normalized spacial score (nSPS) is 20.7. The van der Waals surface area contributed by atoms with Crippen molar-refractivity contribution in [2.45, 2.75) is 89.6 Å². The number of rotatable bonds is 8. The van der Waals surface area contributed by atoms with Gasteiger partial charge in [-0.05, 0) is 83.1 Å². The quantitative estimate of drug-likeness (QED) is 0.277. The molecule has 2 aliphatic heterocycles. The summed E-state index contributed by atoms with van der Waals surface area (Å²) in [6.45, 7) is 10.1. The predicted octanol–water partition coefficient (Wildman–Crippen LogP) is 6.60. The Bertz CT molecular complexity index is 1380. The van der Waals surface area contributed by atoms with Crippen LogP contribution in [0.3, 0.4) is 0 Å². The lowest BCUT2D eigenvalue weighted by molar-refractivity contribution is -0.274. The summed E-state index contributed by atoms with van der Waals surface area (Å²) < 4.78 is 67.8. The zero-order valence-electron chi connectivity index (χ0n) is 24.4. The number of para-hydroxylation sites is 1. The number of benzene rings is 2. The third kappa shape index (κ3) is 6.05. The van der Waals surface area contributed by atoms with Crippen molar-refractivity contribution in [3.05, 3.63) is 59.9 Å². The number of alkyl halides is 3. The molecule has 3 fully saturated rings. The fourth-order valence-electron chi connectivity index (χ4n) is 5.52. The Balaban J connectivity index is 1.09. The summed E-state index contributed by atoms with van der Waals surface area (Å²) in [5.41, 5.74) is 2.65. The first-order valence-corrected chi connectivity index (χ1v) is 14.6. The Morgan fingerprint density at radius 1 is 0.929 bits per heavy atom. The molecule has 3 aliphatic rings. The van der Waals surface area contributed by atoms with Gasteiger partial charge in [-0.2, -0.15) is 0 Å². The van der Waals surface area contributed by atoms with Gasteiger partial charge in [-0.3, -0.25) is 0 Å². The molecule has 3 aromatic rings. The van der Waals surface area contributed by atoms with Gasteiger partial charge in [-0.15, -0.1) is 13.2 Å². The maximum absolute atomic E-state index is 13.1. The average molecular weight is 584 g/mol. The second kappa shape index (κ2) is 10.9. The topological polar surface area (TPSA) is 66.2 Å². The number of hydrogen-bond donors (Lipinski definition) is 0. The highest BCUT2D eigenvalue weighted by atomic mass is 19.4. The number of halogens is 3. The molecule has 0 amide bonds. The van der Waals surface area contributed by atoms with Crippen LogP contribution in [-0.2, 0) is 20.7 Å². The van der Waals surface area contributed by atoms with Gasteiger partial charge in [0.25, 0.3) is 0 Å². The second-order valence-corrected chi connectivity index (χ2v) is 12.4. The lowest BCUT2D eigenvalue weighted by Gasteiger charge is -2.33. The van der Waals surface area contributed by atoms with Gasteiger partial charge in [0.15, 0.2) is 0 Å². The van der Waals surface area contributed by atoms with E-state index in [-0.39, 0.29) is 41.1 Å².